The van der Waals surface area contributed by atoms with Crippen LogP contribution in [0, 0.1) is 0 Å². The number of hydrogen-bond acceptors (Lipinski definition) is 6. The Hall–Kier alpha value is -2.10. The molecule has 0 unspecified atom stereocenters. The van der Waals surface area contributed by atoms with Crippen LogP contribution >= 0.6 is 11.3 Å². The van der Waals surface area contributed by atoms with E-state index in [0.29, 0.717) is 18.1 Å². The second-order valence-corrected chi connectivity index (χ2v) is 10.1. The maximum absolute atomic E-state index is 12.5. The molecule has 0 spiro atoms. The Morgan fingerprint density at radius 2 is 1.97 bits per heavy atom. The van der Waals surface area contributed by atoms with E-state index >= 15 is 0 Å². The van der Waals surface area contributed by atoms with Crippen LogP contribution in [-0.4, -0.2) is 51.0 Å². The van der Waals surface area contributed by atoms with Crippen LogP contribution in [0.15, 0.2) is 46.0 Å². The van der Waals surface area contributed by atoms with E-state index in [9.17, 15) is 13.2 Å². The van der Waals surface area contributed by atoms with Crippen molar-refractivity contribution in [3.63, 3.8) is 0 Å². The highest BCUT2D eigenvalue weighted by atomic mass is 32.2. The number of ether oxygens (including phenoxy) is 2. The zero-order valence-electron chi connectivity index (χ0n) is 16.5. The van der Waals surface area contributed by atoms with Crippen molar-refractivity contribution < 1.29 is 22.7 Å². The van der Waals surface area contributed by atoms with Crippen LogP contribution in [0.1, 0.15) is 26.2 Å². The van der Waals surface area contributed by atoms with E-state index in [1.807, 2.05) is 31.2 Å². The monoisotopic (exact) mass is 438 g/mol. The third-order valence-corrected chi connectivity index (χ3v) is 7.93. The van der Waals surface area contributed by atoms with Gasteiger partial charge in [-0.15, -0.1) is 11.3 Å². The zero-order valence-corrected chi connectivity index (χ0v) is 18.2. The molecule has 2 aromatic rings. The summed E-state index contributed by atoms with van der Waals surface area (Å²) in [6, 6.07) is 10.5. The summed E-state index contributed by atoms with van der Waals surface area (Å²) in [6.45, 7) is 2.21. The summed E-state index contributed by atoms with van der Waals surface area (Å²) in [5, 5.41) is 4.64. The maximum Gasteiger partial charge on any atom is 0.252 e. The molecule has 0 bridgehead atoms. The van der Waals surface area contributed by atoms with Gasteiger partial charge in [-0.1, -0.05) is 18.2 Å². The summed E-state index contributed by atoms with van der Waals surface area (Å²) in [5.41, 5.74) is 0. The van der Waals surface area contributed by atoms with Gasteiger partial charge >= 0.3 is 0 Å². The Labute approximate surface area is 175 Å². The molecule has 1 aromatic heterocycles. The number of hydrogen-bond donors (Lipinski definition) is 1. The highest BCUT2D eigenvalue weighted by Crippen LogP contribution is 2.31. The fraction of sp³-hybridized carbons (Fsp3) is 0.450. The minimum atomic E-state index is -3.66. The quantitative estimate of drug-likeness (QED) is 0.651. The van der Waals surface area contributed by atoms with Gasteiger partial charge in [-0.2, -0.15) is 4.31 Å². The van der Waals surface area contributed by atoms with Gasteiger partial charge in [0.1, 0.15) is 10.3 Å². The molecule has 0 radical (unpaired) electrons. The number of benzene rings is 1. The zero-order chi connectivity index (χ0) is 20.9. The van der Waals surface area contributed by atoms with Crippen LogP contribution in [0.2, 0.25) is 0 Å². The first-order valence-electron chi connectivity index (χ1n) is 9.59. The van der Waals surface area contributed by atoms with Gasteiger partial charge in [-0.25, -0.2) is 8.42 Å². The number of likely N-dealkylation sites (N-methyl/N-ethyl adjacent to an activating group) is 1. The number of nitrogens with zero attached hydrogens (tertiary/aromatic N) is 1. The molecule has 2 atom stereocenters. The topological polar surface area (TPSA) is 84.9 Å². The van der Waals surface area contributed by atoms with E-state index in [4.69, 9.17) is 9.47 Å². The fourth-order valence-electron chi connectivity index (χ4n) is 3.32. The summed E-state index contributed by atoms with van der Waals surface area (Å²) in [4.78, 5) is 12.5. The van der Waals surface area contributed by atoms with Gasteiger partial charge in [0.15, 0.2) is 11.5 Å². The van der Waals surface area contributed by atoms with Gasteiger partial charge in [-0.3, -0.25) is 4.79 Å². The molecule has 3 rings (SSSR count). The summed E-state index contributed by atoms with van der Waals surface area (Å²) in [7, 11) is -2.24. The number of thiophene rings is 1. The minimum Gasteiger partial charge on any atom is -0.490 e. The van der Waals surface area contributed by atoms with E-state index in [0.717, 1.165) is 34.9 Å². The first-order valence-corrected chi connectivity index (χ1v) is 11.9. The molecule has 1 amide bonds. The van der Waals surface area contributed by atoms with Crippen molar-refractivity contribution in [1.82, 2.24) is 9.62 Å². The van der Waals surface area contributed by atoms with Crippen molar-refractivity contribution in [3.05, 3.63) is 41.8 Å². The SMILES string of the molecule is CCOc1ccccc1O[C@H]1CCC[C@@H]1NC(=O)CN(C)S(=O)(=O)c1cccs1. The van der Waals surface area contributed by atoms with Crippen LogP contribution in [-0.2, 0) is 14.8 Å². The van der Waals surface area contributed by atoms with E-state index in [-0.39, 0.29) is 28.8 Å². The molecule has 1 aliphatic rings. The molecule has 1 heterocycles. The fourth-order valence-corrected chi connectivity index (χ4v) is 5.65. The maximum atomic E-state index is 12.5. The lowest BCUT2D eigenvalue weighted by molar-refractivity contribution is -0.122. The summed E-state index contributed by atoms with van der Waals surface area (Å²) >= 11 is 1.13. The van der Waals surface area contributed by atoms with Gasteiger partial charge < -0.3 is 14.8 Å². The lowest BCUT2D eigenvalue weighted by Crippen LogP contribution is -2.46. The number of rotatable bonds is 9. The van der Waals surface area contributed by atoms with E-state index in [1.165, 1.54) is 13.1 Å². The third-order valence-electron chi connectivity index (χ3n) is 4.75. The van der Waals surface area contributed by atoms with Crippen molar-refractivity contribution in [2.75, 3.05) is 20.2 Å². The Balaban J connectivity index is 1.60. The first-order chi connectivity index (χ1) is 13.9. The van der Waals surface area contributed by atoms with Crippen LogP contribution in [0.25, 0.3) is 0 Å². The average Bonchev–Trinajstić information content (AvgIpc) is 3.36. The molecular formula is C20H26N2O5S2. The molecule has 1 aromatic carbocycles. The lowest BCUT2D eigenvalue weighted by Gasteiger charge is -2.24. The minimum absolute atomic E-state index is 0.171. The van der Waals surface area contributed by atoms with Crippen LogP contribution in [0.3, 0.4) is 0 Å². The molecule has 0 saturated heterocycles. The van der Waals surface area contributed by atoms with Crippen molar-refractivity contribution in [2.45, 2.75) is 42.5 Å². The molecule has 1 aliphatic carbocycles. The Morgan fingerprint density at radius 3 is 2.66 bits per heavy atom. The number of sulfonamides is 1. The molecule has 9 heteroatoms. The van der Waals surface area contributed by atoms with E-state index in [1.54, 1.807) is 11.4 Å². The van der Waals surface area contributed by atoms with Crippen molar-refractivity contribution in [3.8, 4) is 11.5 Å². The predicted molar refractivity (Wildman–Crippen MR) is 112 cm³/mol. The van der Waals surface area contributed by atoms with E-state index in [2.05, 4.69) is 5.32 Å². The highest BCUT2D eigenvalue weighted by Gasteiger charge is 2.32. The standard InChI is InChI=1S/C20H26N2O5S2/c1-3-26-17-9-4-5-10-18(17)27-16-11-6-8-15(16)21-19(23)14-22(2)29(24,25)20-12-7-13-28-20/h4-5,7,9-10,12-13,15-16H,3,6,8,11,14H2,1-2H3,(H,21,23)/t15-,16-/m0/s1. The van der Waals surface area contributed by atoms with Crippen LogP contribution in [0.5, 0.6) is 11.5 Å². The van der Waals surface area contributed by atoms with Gasteiger partial charge in [0, 0.05) is 7.05 Å². The smallest absolute Gasteiger partial charge is 0.252 e. The van der Waals surface area contributed by atoms with Crippen molar-refractivity contribution in [2.24, 2.45) is 0 Å². The highest BCUT2D eigenvalue weighted by molar-refractivity contribution is 7.91. The summed E-state index contributed by atoms with van der Waals surface area (Å²) in [6.07, 6.45) is 2.35. The second kappa shape index (κ2) is 9.60. The molecule has 1 N–H and O–H groups in total. The Kier molecular flexibility index (Phi) is 7.15. The molecule has 0 aliphatic heterocycles. The van der Waals surface area contributed by atoms with Crippen molar-refractivity contribution >= 4 is 27.3 Å². The molecular weight excluding hydrogens is 412 g/mol. The summed E-state index contributed by atoms with van der Waals surface area (Å²) in [5.74, 6) is 0.984. The Bertz CT molecular complexity index is 915. The van der Waals surface area contributed by atoms with Gasteiger partial charge in [0.25, 0.3) is 10.0 Å². The number of amides is 1. The van der Waals surface area contributed by atoms with E-state index < -0.39 is 10.0 Å². The number of para-hydroxylation sites is 2. The third kappa shape index (κ3) is 5.29. The number of carbonyl (C=O) groups excluding carboxylic acids is 1. The number of nitrogens with one attached hydrogen (secondary N) is 1. The average molecular weight is 439 g/mol. The van der Waals surface area contributed by atoms with Gasteiger partial charge in [-0.05, 0) is 49.8 Å². The van der Waals surface area contributed by atoms with Crippen LogP contribution < -0.4 is 14.8 Å². The molecule has 7 nitrogen and oxygen atoms in total. The summed E-state index contributed by atoms with van der Waals surface area (Å²) < 4.78 is 38.0. The van der Waals surface area contributed by atoms with Gasteiger partial charge in [0.05, 0.1) is 19.2 Å². The second-order valence-electron chi connectivity index (χ2n) is 6.83. The van der Waals surface area contributed by atoms with Crippen molar-refractivity contribution in [1.29, 1.82) is 0 Å². The molecule has 1 fully saturated rings. The van der Waals surface area contributed by atoms with Crippen LogP contribution in [0.4, 0.5) is 0 Å². The van der Waals surface area contributed by atoms with Gasteiger partial charge in [0.2, 0.25) is 5.91 Å². The number of carbonyl (C=O) groups is 1. The largest absolute Gasteiger partial charge is 0.490 e. The lowest BCUT2D eigenvalue weighted by atomic mass is 10.2. The first kappa shape index (κ1) is 21.6. The Morgan fingerprint density at radius 1 is 1.21 bits per heavy atom. The normalized spacial score (nSPS) is 19.3. The molecule has 29 heavy (non-hydrogen) atoms. The molecule has 1 saturated carbocycles. The molecule has 158 valence electrons. The predicted octanol–water partition coefficient (Wildman–Crippen LogP) is 2.88.